The van der Waals surface area contributed by atoms with Crippen LogP contribution in [0.25, 0.3) is 0 Å². The van der Waals surface area contributed by atoms with Crippen LogP contribution in [0, 0.1) is 5.92 Å². The molecule has 0 bridgehead atoms. The zero-order valence-electron chi connectivity index (χ0n) is 7.94. The van der Waals surface area contributed by atoms with E-state index in [9.17, 15) is 4.79 Å². The highest BCUT2D eigenvalue weighted by Gasteiger charge is 2.18. The molecule has 3 nitrogen and oxygen atoms in total. The van der Waals surface area contributed by atoms with Gasteiger partial charge in [-0.3, -0.25) is 4.79 Å². The minimum Gasteiger partial charge on any atom is -0.381 e. The van der Waals surface area contributed by atoms with Gasteiger partial charge in [0.15, 0.2) is 5.78 Å². The number of thiazole rings is 1. The predicted octanol–water partition coefficient (Wildman–Crippen LogP) is 2.14. The number of ether oxygens (including phenoxy) is 1. The van der Waals surface area contributed by atoms with Crippen molar-refractivity contribution in [2.24, 2.45) is 5.92 Å². The molecule has 0 unspecified atom stereocenters. The van der Waals surface area contributed by atoms with Crippen molar-refractivity contribution in [3.05, 3.63) is 16.6 Å². The molecule has 0 N–H and O–H groups in total. The van der Waals surface area contributed by atoms with E-state index in [1.165, 1.54) is 11.3 Å². The Labute approximate surface area is 87.1 Å². The number of nitrogens with zero attached hydrogens (tertiary/aromatic N) is 1. The summed E-state index contributed by atoms with van der Waals surface area (Å²) in [5.74, 6) is 0.677. The Morgan fingerprint density at radius 1 is 1.57 bits per heavy atom. The largest absolute Gasteiger partial charge is 0.381 e. The number of aromatic nitrogens is 1. The van der Waals surface area contributed by atoms with Gasteiger partial charge < -0.3 is 4.74 Å². The molecular formula is C10H13NO2S. The van der Waals surface area contributed by atoms with Crippen LogP contribution < -0.4 is 0 Å². The fraction of sp³-hybridized carbons (Fsp3) is 0.600. The van der Waals surface area contributed by atoms with Gasteiger partial charge in [0.05, 0.1) is 5.51 Å². The van der Waals surface area contributed by atoms with Gasteiger partial charge >= 0.3 is 0 Å². The lowest BCUT2D eigenvalue weighted by Crippen LogP contribution is -2.18. The summed E-state index contributed by atoms with van der Waals surface area (Å²) < 4.78 is 5.25. The molecule has 0 radical (unpaired) electrons. The van der Waals surface area contributed by atoms with Crippen molar-refractivity contribution in [2.45, 2.75) is 19.3 Å². The first-order valence-electron chi connectivity index (χ1n) is 4.85. The van der Waals surface area contributed by atoms with Gasteiger partial charge in [-0.05, 0) is 18.8 Å². The van der Waals surface area contributed by atoms with Gasteiger partial charge in [-0.2, -0.15) is 0 Å². The van der Waals surface area contributed by atoms with E-state index in [4.69, 9.17) is 4.74 Å². The molecule has 1 aliphatic heterocycles. The molecule has 0 aromatic carbocycles. The highest BCUT2D eigenvalue weighted by atomic mass is 32.1. The molecule has 76 valence electrons. The van der Waals surface area contributed by atoms with E-state index in [1.807, 2.05) is 5.38 Å². The Hall–Kier alpha value is -0.740. The zero-order valence-corrected chi connectivity index (χ0v) is 8.76. The molecule has 2 heterocycles. The molecule has 0 aliphatic carbocycles. The van der Waals surface area contributed by atoms with Crippen LogP contribution in [0.5, 0.6) is 0 Å². The van der Waals surface area contributed by atoms with E-state index >= 15 is 0 Å². The average Bonchev–Trinajstić information content (AvgIpc) is 2.72. The lowest BCUT2D eigenvalue weighted by molar-refractivity contribution is 0.0600. The molecule has 0 amide bonds. The Bertz CT molecular complexity index is 291. The van der Waals surface area contributed by atoms with Gasteiger partial charge in [-0.25, -0.2) is 4.98 Å². The van der Waals surface area contributed by atoms with Crippen LogP contribution in [-0.4, -0.2) is 24.0 Å². The molecule has 1 aromatic heterocycles. The van der Waals surface area contributed by atoms with Crippen molar-refractivity contribution in [2.75, 3.05) is 13.2 Å². The van der Waals surface area contributed by atoms with E-state index < -0.39 is 0 Å². The summed E-state index contributed by atoms with van der Waals surface area (Å²) in [6, 6.07) is 0. The van der Waals surface area contributed by atoms with Crippen molar-refractivity contribution < 1.29 is 9.53 Å². The summed E-state index contributed by atoms with van der Waals surface area (Å²) in [6.45, 7) is 1.60. The van der Waals surface area contributed by atoms with Crippen LogP contribution in [0.4, 0.5) is 0 Å². The quantitative estimate of drug-likeness (QED) is 0.719. The first-order valence-corrected chi connectivity index (χ1v) is 5.79. The summed E-state index contributed by atoms with van der Waals surface area (Å²) in [4.78, 5) is 15.7. The number of carbonyl (C=O) groups excluding carboxylic acids is 1. The number of rotatable bonds is 3. The monoisotopic (exact) mass is 211 g/mol. The molecule has 1 aromatic rings. The summed E-state index contributed by atoms with van der Waals surface area (Å²) in [6.07, 6.45) is 2.65. The van der Waals surface area contributed by atoms with Gasteiger partial charge in [0.25, 0.3) is 0 Å². The number of ketones is 1. The highest BCUT2D eigenvalue weighted by molar-refractivity contribution is 7.07. The van der Waals surface area contributed by atoms with Crippen LogP contribution >= 0.6 is 11.3 Å². The minimum absolute atomic E-state index is 0.179. The van der Waals surface area contributed by atoms with Gasteiger partial charge in [0, 0.05) is 25.0 Å². The van der Waals surface area contributed by atoms with E-state index in [1.54, 1.807) is 5.51 Å². The Balaban J connectivity index is 1.87. The van der Waals surface area contributed by atoms with Gasteiger partial charge in [-0.15, -0.1) is 11.3 Å². The minimum atomic E-state index is 0.179. The third kappa shape index (κ3) is 2.39. The van der Waals surface area contributed by atoms with Crippen molar-refractivity contribution in [1.82, 2.24) is 4.98 Å². The predicted molar refractivity (Wildman–Crippen MR) is 54.6 cm³/mol. The van der Waals surface area contributed by atoms with Gasteiger partial charge in [0.1, 0.15) is 5.69 Å². The highest BCUT2D eigenvalue weighted by Crippen LogP contribution is 2.20. The smallest absolute Gasteiger partial charge is 0.182 e. The van der Waals surface area contributed by atoms with E-state index in [2.05, 4.69) is 4.98 Å². The maximum Gasteiger partial charge on any atom is 0.182 e. The molecule has 14 heavy (non-hydrogen) atoms. The molecule has 4 heteroatoms. The second-order valence-electron chi connectivity index (χ2n) is 3.56. The maximum atomic E-state index is 11.7. The Morgan fingerprint density at radius 2 is 2.36 bits per heavy atom. The van der Waals surface area contributed by atoms with Crippen molar-refractivity contribution >= 4 is 17.1 Å². The summed E-state index contributed by atoms with van der Waals surface area (Å²) in [5.41, 5.74) is 2.33. The number of hydrogen-bond acceptors (Lipinski definition) is 4. The van der Waals surface area contributed by atoms with Crippen LogP contribution in [0.3, 0.4) is 0 Å². The Morgan fingerprint density at radius 3 is 3.00 bits per heavy atom. The summed E-state index contributed by atoms with van der Waals surface area (Å²) >= 11 is 1.47. The normalized spacial score (nSPS) is 18.3. The van der Waals surface area contributed by atoms with Gasteiger partial charge in [-0.1, -0.05) is 0 Å². The van der Waals surface area contributed by atoms with Crippen LogP contribution in [0.2, 0.25) is 0 Å². The van der Waals surface area contributed by atoms with E-state index in [-0.39, 0.29) is 5.78 Å². The standard InChI is InChI=1S/C10H13NO2S/c12-10(9-6-14-7-11-9)5-8-1-3-13-4-2-8/h6-8H,1-5H2. The lowest BCUT2D eigenvalue weighted by Gasteiger charge is -2.20. The third-order valence-electron chi connectivity index (χ3n) is 2.53. The maximum absolute atomic E-state index is 11.7. The molecule has 2 rings (SSSR count). The van der Waals surface area contributed by atoms with E-state index in [0.717, 1.165) is 26.1 Å². The molecular weight excluding hydrogens is 198 g/mol. The van der Waals surface area contributed by atoms with Crippen molar-refractivity contribution in [1.29, 1.82) is 0 Å². The molecule has 1 saturated heterocycles. The molecule has 0 saturated carbocycles. The number of carbonyl (C=O) groups is 1. The zero-order chi connectivity index (χ0) is 9.80. The van der Waals surface area contributed by atoms with Crippen LogP contribution in [-0.2, 0) is 4.74 Å². The van der Waals surface area contributed by atoms with Crippen LogP contribution in [0.1, 0.15) is 29.8 Å². The number of hydrogen-bond donors (Lipinski definition) is 0. The lowest BCUT2D eigenvalue weighted by atomic mass is 9.94. The summed E-state index contributed by atoms with van der Waals surface area (Å²) in [5, 5.41) is 1.82. The topological polar surface area (TPSA) is 39.2 Å². The molecule has 1 aliphatic rings. The van der Waals surface area contributed by atoms with Crippen molar-refractivity contribution in [3.8, 4) is 0 Å². The third-order valence-corrected chi connectivity index (χ3v) is 3.12. The second-order valence-corrected chi connectivity index (χ2v) is 4.28. The molecule has 0 atom stereocenters. The molecule has 1 fully saturated rings. The average molecular weight is 211 g/mol. The van der Waals surface area contributed by atoms with E-state index in [0.29, 0.717) is 18.0 Å². The second kappa shape index (κ2) is 4.66. The fourth-order valence-electron chi connectivity index (χ4n) is 1.67. The number of Topliss-reactive ketones (excluding diaryl/α,β-unsaturated/α-hetero) is 1. The first kappa shape index (κ1) is 9.80. The van der Waals surface area contributed by atoms with Crippen molar-refractivity contribution in [3.63, 3.8) is 0 Å². The van der Waals surface area contributed by atoms with Gasteiger partial charge in [0.2, 0.25) is 0 Å². The molecule has 0 spiro atoms. The van der Waals surface area contributed by atoms with Crippen LogP contribution in [0.15, 0.2) is 10.9 Å². The summed E-state index contributed by atoms with van der Waals surface area (Å²) in [7, 11) is 0. The first-order chi connectivity index (χ1) is 6.86. The SMILES string of the molecule is O=C(CC1CCOCC1)c1cscn1. The fourth-order valence-corrected chi connectivity index (χ4v) is 2.22. The Kier molecular flexibility index (Phi) is 3.26.